The number of aliphatic hydroxyl groups excluding tert-OH is 1. The summed E-state index contributed by atoms with van der Waals surface area (Å²) in [7, 11) is 3.37. The summed E-state index contributed by atoms with van der Waals surface area (Å²) in [5, 5.41) is 10.9. The number of ether oxygens (including phenoxy) is 3. The Balaban J connectivity index is 0.00000578. The quantitative estimate of drug-likeness (QED) is 0.307. The predicted octanol–water partition coefficient (Wildman–Crippen LogP) is 5.46. The van der Waals surface area contributed by atoms with Crippen molar-refractivity contribution < 1.29 is 19.3 Å². The van der Waals surface area contributed by atoms with Crippen molar-refractivity contribution in [2.75, 3.05) is 27.4 Å². The van der Waals surface area contributed by atoms with Gasteiger partial charge in [0.2, 0.25) is 0 Å². The molecule has 1 aliphatic heterocycles. The number of hydrogen-bond acceptors (Lipinski definition) is 6. The van der Waals surface area contributed by atoms with Crippen LogP contribution in [0.25, 0.3) is 0 Å². The van der Waals surface area contributed by atoms with E-state index in [1.54, 1.807) is 14.2 Å². The number of rotatable bonds is 14. The van der Waals surface area contributed by atoms with Crippen molar-refractivity contribution >= 4 is 24.8 Å². The predicted molar refractivity (Wildman–Crippen MR) is 149 cm³/mol. The topological polar surface area (TPSA) is 77.2 Å². The molecular weight excluding hydrogens is 487 g/mol. The molecule has 0 saturated carbocycles. The molecule has 1 aromatic rings. The van der Waals surface area contributed by atoms with Crippen LogP contribution in [0, 0.1) is 11.8 Å². The van der Waals surface area contributed by atoms with Crippen molar-refractivity contribution in [3.63, 3.8) is 0 Å². The molecule has 1 heterocycles. The largest absolute Gasteiger partial charge is 0.493 e. The van der Waals surface area contributed by atoms with Gasteiger partial charge in [-0.3, -0.25) is 4.90 Å². The third kappa shape index (κ3) is 10.6. The van der Waals surface area contributed by atoms with Crippen molar-refractivity contribution in [2.45, 2.75) is 97.0 Å². The van der Waals surface area contributed by atoms with Crippen LogP contribution in [-0.2, 0) is 11.2 Å². The Morgan fingerprint density at radius 2 is 1.69 bits per heavy atom. The first-order valence-electron chi connectivity index (χ1n) is 12.8. The summed E-state index contributed by atoms with van der Waals surface area (Å²) in [6, 6.07) is 7.07. The van der Waals surface area contributed by atoms with Gasteiger partial charge in [0.05, 0.1) is 26.0 Å². The maximum absolute atomic E-state index is 10.9. The van der Waals surface area contributed by atoms with Crippen molar-refractivity contribution in [3.8, 4) is 11.5 Å². The lowest BCUT2D eigenvalue weighted by molar-refractivity contribution is -0.0183. The first-order valence-corrected chi connectivity index (χ1v) is 12.8. The van der Waals surface area contributed by atoms with Crippen LogP contribution < -0.4 is 15.2 Å². The molecule has 206 valence electrons. The molecule has 35 heavy (non-hydrogen) atoms. The number of benzene rings is 1. The third-order valence-corrected chi connectivity index (χ3v) is 7.25. The lowest BCUT2D eigenvalue weighted by atomic mass is 9.84. The monoisotopic (exact) mass is 536 g/mol. The summed E-state index contributed by atoms with van der Waals surface area (Å²) in [5.41, 5.74) is 7.77. The standard InChI is InChI=1S/C27H48N2O4.2ClH/c1-19(2)23(12-13-24(30)27(28)29-20(3)9-7-10-21(29)4)17-22-11-14-25(32-6)26(18-22)33-16-8-15-31-5;;/h11,14,18-21,23-24,27,30H,7-10,12-13,15-17,28H2,1-6H3;2*1H/t20-,21+,23-,24-,27-;;/m0../s1. The van der Waals surface area contributed by atoms with Crippen LogP contribution in [0.15, 0.2) is 18.2 Å². The highest BCUT2D eigenvalue weighted by Crippen LogP contribution is 2.32. The van der Waals surface area contributed by atoms with Gasteiger partial charge in [0.25, 0.3) is 0 Å². The third-order valence-electron chi connectivity index (χ3n) is 7.25. The number of methoxy groups -OCH3 is 2. The maximum Gasteiger partial charge on any atom is 0.161 e. The van der Waals surface area contributed by atoms with E-state index < -0.39 is 6.10 Å². The number of likely N-dealkylation sites (tertiary alicyclic amines) is 1. The highest BCUT2D eigenvalue weighted by atomic mass is 35.5. The van der Waals surface area contributed by atoms with E-state index in [0.29, 0.717) is 37.1 Å². The SMILES string of the molecule is COCCCOc1cc(C[C@H](CC[C@H](O)[C@@H](N)N2[C@H](C)CCC[C@@H]2C)C(C)C)ccc1OC.Cl.Cl. The van der Waals surface area contributed by atoms with Crippen LogP contribution in [0.2, 0.25) is 0 Å². The van der Waals surface area contributed by atoms with Gasteiger partial charge < -0.3 is 25.1 Å². The Morgan fingerprint density at radius 1 is 1.03 bits per heavy atom. The van der Waals surface area contributed by atoms with Crippen LogP contribution in [0.3, 0.4) is 0 Å². The molecule has 5 atom stereocenters. The first kappa shape index (κ1) is 34.2. The van der Waals surface area contributed by atoms with E-state index in [4.69, 9.17) is 19.9 Å². The van der Waals surface area contributed by atoms with Crippen LogP contribution in [0.1, 0.15) is 71.8 Å². The molecule has 0 bridgehead atoms. The Hall–Kier alpha value is -0.760. The number of piperidine rings is 1. The number of halogens is 2. The minimum Gasteiger partial charge on any atom is -0.493 e. The number of nitrogens with zero attached hydrogens (tertiary/aromatic N) is 1. The molecule has 0 aliphatic carbocycles. The number of nitrogens with two attached hydrogens (primary N) is 1. The van der Waals surface area contributed by atoms with Crippen molar-refractivity contribution in [1.29, 1.82) is 0 Å². The zero-order chi connectivity index (χ0) is 24.4. The summed E-state index contributed by atoms with van der Waals surface area (Å²) < 4.78 is 16.6. The molecule has 0 radical (unpaired) electrons. The number of aliphatic hydroxyl groups is 1. The van der Waals surface area contributed by atoms with Crippen LogP contribution in [0.5, 0.6) is 11.5 Å². The molecule has 0 spiro atoms. The minimum absolute atomic E-state index is 0. The fourth-order valence-corrected chi connectivity index (χ4v) is 5.10. The Bertz CT molecular complexity index is 685. The molecule has 2 rings (SSSR count). The average Bonchev–Trinajstić information content (AvgIpc) is 2.79. The van der Waals surface area contributed by atoms with E-state index in [2.05, 4.69) is 44.7 Å². The molecule has 1 aromatic carbocycles. The smallest absolute Gasteiger partial charge is 0.161 e. The molecule has 1 saturated heterocycles. The van der Waals surface area contributed by atoms with Crippen LogP contribution >= 0.6 is 24.8 Å². The second-order valence-corrected chi connectivity index (χ2v) is 10.1. The highest BCUT2D eigenvalue weighted by molar-refractivity contribution is 5.85. The van der Waals surface area contributed by atoms with E-state index in [9.17, 15) is 5.11 Å². The minimum atomic E-state index is -0.509. The lowest BCUT2D eigenvalue weighted by Crippen LogP contribution is -2.58. The van der Waals surface area contributed by atoms with Gasteiger partial charge >= 0.3 is 0 Å². The Morgan fingerprint density at radius 3 is 2.26 bits per heavy atom. The van der Waals surface area contributed by atoms with E-state index in [1.807, 2.05) is 6.07 Å². The molecule has 0 unspecified atom stereocenters. The Kier molecular flexibility index (Phi) is 17.3. The van der Waals surface area contributed by atoms with E-state index in [-0.39, 0.29) is 31.0 Å². The van der Waals surface area contributed by atoms with Gasteiger partial charge in [-0.1, -0.05) is 26.3 Å². The second kappa shape index (κ2) is 17.7. The summed E-state index contributed by atoms with van der Waals surface area (Å²) in [6.45, 7) is 10.3. The van der Waals surface area contributed by atoms with E-state index in [1.165, 1.54) is 12.0 Å². The molecule has 1 aliphatic rings. The summed E-state index contributed by atoms with van der Waals surface area (Å²) >= 11 is 0. The van der Waals surface area contributed by atoms with Gasteiger partial charge in [-0.25, -0.2) is 0 Å². The van der Waals surface area contributed by atoms with E-state index >= 15 is 0 Å². The first-order chi connectivity index (χ1) is 15.8. The second-order valence-electron chi connectivity index (χ2n) is 10.1. The van der Waals surface area contributed by atoms with Gasteiger partial charge in [0.1, 0.15) is 0 Å². The normalized spacial score (nSPS) is 20.9. The fourth-order valence-electron chi connectivity index (χ4n) is 5.10. The van der Waals surface area contributed by atoms with Gasteiger partial charge in [0, 0.05) is 32.2 Å². The van der Waals surface area contributed by atoms with Crippen molar-refractivity contribution in [2.24, 2.45) is 17.6 Å². The Labute approximate surface area is 226 Å². The summed E-state index contributed by atoms with van der Waals surface area (Å²) in [6.07, 6.45) is 6.20. The maximum atomic E-state index is 10.9. The lowest BCUT2D eigenvalue weighted by Gasteiger charge is -2.44. The molecule has 3 N–H and O–H groups in total. The summed E-state index contributed by atoms with van der Waals surface area (Å²) in [4.78, 5) is 2.33. The van der Waals surface area contributed by atoms with E-state index in [0.717, 1.165) is 50.0 Å². The fraction of sp³-hybridized carbons (Fsp3) is 0.778. The number of hydrogen-bond donors (Lipinski definition) is 2. The van der Waals surface area contributed by atoms with Gasteiger partial charge in [0.15, 0.2) is 11.5 Å². The zero-order valence-corrected chi connectivity index (χ0v) is 24.2. The van der Waals surface area contributed by atoms with Gasteiger partial charge in [-0.05, 0) is 75.5 Å². The molecule has 1 fully saturated rings. The van der Waals surface area contributed by atoms with Gasteiger partial charge in [-0.15, -0.1) is 24.8 Å². The average molecular weight is 538 g/mol. The molecule has 0 amide bonds. The highest BCUT2D eigenvalue weighted by Gasteiger charge is 2.33. The molecule has 0 aromatic heterocycles. The molecule has 6 nitrogen and oxygen atoms in total. The van der Waals surface area contributed by atoms with Gasteiger partial charge in [-0.2, -0.15) is 0 Å². The van der Waals surface area contributed by atoms with Crippen LogP contribution in [0.4, 0.5) is 0 Å². The van der Waals surface area contributed by atoms with Crippen molar-refractivity contribution in [1.82, 2.24) is 4.90 Å². The molecular formula is C27H50Cl2N2O4. The molecule has 8 heteroatoms. The zero-order valence-electron chi connectivity index (χ0n) is 22.6. The summed E-state index contributed by atoms with van der Waals surface area (Å²) in [5.74, 6) is 2.50. The van der Waals surface area contributed by atoms with Crippen LogP contribution in [-0.4, -0.2) is 61.8 Å². The van der Waals surface area contributed by atoms with Crippen molar-refractivity contribution in [3.05, 3.63) is 23.8 Å².